The molecule has 0 saturated carbocycles. The molecule has 0 aliphatic carbocycles. The Labute approximate surface area is 204 Å². The standard InChI is InChI=1S/C29H24N2O4/c1-33-25-13-11-24(12-14-25)31-29(32)23(18-30)16-20-10-15-27(28(17-20)34-2)35-19-22-8-5-7-21-6-3-4-9-26(21)22/h3-17H,19H2,1-2H3,(H,31,32). The number of hydrogen-bond acceptors (Lipinski definition) is 5. The van der Waals surface area contributed by atoms with Crippen LogP contribution in [0.5, 0.6) is 17.2 Å². The van der Waals surface area contributed by atoms with Crippen molar-refractivity contribution in [1.29, 1.82) is 5.26 Å². The summed E-state index contributed by atoms with van der Waals surface area (Å²) in [7, 11) is 3.12. The molecule has 0 unspecified atom stereocenters. The number of carbonyl (C=O) groups is 1. The Morgan fingerprint density at radius 1 is 0.914 bits per heavy atom. The van der Waals surface area contributed by atoms with Crippen LogP contribution in [0.3, 0.4) is 0 Å². The number of benzene rings is 4. The quantitative estimate of drug-likeness (QED) is 0.256. The van der Waals surface area contributed by atoms with Crippen LogP contribution in [0, 0.1) is 11.3 Å². The van der Waals surface area contributed by atoms with Gasteiger partial charge in [-0.3, -0.25) is 4.79 Å². The predicted molar refractivity (Wildman–Crippen MR) is 136 cm³/mol. The largest absolute Gasteiger partial charge is 0.497 e. The van der Waals surface area contributed by atoms with E-state index in [9.17, 15) is 10.1 Å². The highest BCUT2D eigenvalue weighted by molar-refractivity contribution is 6.09. The van der Waals surface area contributed by atoms with E-state index in [0.29, 0.717) is 35.1 Å². The molecule has 0 aliphatic heterocycles. The fourth-order valence-corrected chi connectivity index (χ4v) is 3.66. The van der Waals surface area contributed by atoms with Crippen molar-refractivity contribution >= 4 is 28.4 Å². The zero-order valence-corrected chi connectivity index (χ0v) is 19.4. The molecule has 0 heterocycles. The number of amides is 1. The SMILES string of the molecule is COc1ccc(NC(=O)C(C#N)=Cc2ccc(OCc3cccc4ccccc34)c(OC)c2)cc1. The van der Waals surface area contributed by atoms with Gasteiger partial charge in [0.25, 0.3) is 5.91 Å². The Morgan fingerprint density at radius 2 is 1.69 bits per heavy atom. The van der Waals surface area contributed by atoms with Crippen molar-refractivity contribution in [3.05, 3.63) is 102 Å². The van der Waals surface area contributed by atoms with Crippen molar-refractivity contribution in [2.75, 3.05) is 19.5 Å². The fourth-order valence-electron chi connectivity index (χ4n) is 3.66. The first kappa shape index (κ1) is 23.4. The highest BCUT2D eigenvalue weighted by Gasteiger charge is 2.12. The first-order chi connectivity index (χ1) is 17.1. The minimum Gasteiger partial charge on any atom is -0.497 e. The van der Waals surface area contributed by atoms with Gasteiger partial charge < -0.3 is 19.5 Å². The van der Waals surface area contributed by atoms with Gasteiger partial charge in [-0.2, -0.15) is 5.26 Å². The number of anilines is 1. The number of hydrogen-bond donors (Lipinski definition) is 1. The van der Waals surface area contributed by atoms with Gasteiger partial charge in [-0.15, -0.1) is 0 Å². The van der Waals surface area contributed by atoms with Crippen molar-refractivity contribution in [2.24, 2.45) is 0 Å². The lowest BCUT2D eigenvalue weighted by molar-refractivity contribution is -0.112. The normalized spacial score (nSPS) is 10.9. The Bertz CT molecular complexity index is 1410. The number of ether oxygens (including phenoxy) is 3. The summed E-state index contributed by atoms with van der Waals surface area (Å²) in [6.07, 6.45) is 1.51. The van der Waals surface area contributed by atoms with Crippen molar-refractivity contribution in [3.63, 3.8) is 0 Å². The van der Waals surface area contributed by atoms with Gasteiger partial charge in [-0.05, 0) is 64.4 Å². The lowest BCUT2D eigenvalue weighted by Crippen LogP contribution is -2.13. The maximum Gasteiger partial charge on any atom is 0.266 e. The van der Waals surface area contributed by atoms with Gasteiger partial charge in [-0.1, -0.05) is 48.5 Å². The Morgan fingerprint density at radius 3 is 2.43 bits per heavy atom. The van der Waals surface area contributed by atoms with Crippen LogP contribution in [0.2, 0.25) is 0 Å². The zero-order chi connectivity index (χ0) is 24.6. The maximum atomic E-state index is 12.6. The molecule has 0 bridgehead atoms. The third kappa shape index (κ3) is 5.60. The van der Waals surface area contributed by atoms with Crippen LogP contribution in [0.1, 0.15) is 11.1 Å². The van der Waals surface area contributed by atoms with Crippen LogP contribution < -0.4 is 19.5 Å². The molecule has 0 aromatic heterocycles. The topological polar surface area (TPSA) is 80.6 Å². The molecule has 0 radical (unpaired) electrons. The monoisotopic (exact) mass is 464 g/mol. The molecule has 1 amide bonds. The van der Waals surface area contributed by atoms with Crippen LogP contribution in [0.15, 0.2) is 90.5 Å². The number of nitriles is 1. The first-order valence-electron chi connectivity index (χ1n) is 11.0. The molecule has 4 aromatic rings. The first-order valence-corrected chi connectivity index (χ1v) is 11.0. The van der Waals surface area contributed by atoms with E-state index in [4.69, 9.17) is 14.2 Å². The number of nitrogens with one attached hydrogen (secondary N) is 1. The van der Waals surface area contributed by atoms with Crippen molar-refractivity contribution in [1.82, 2.24) is 0 Å². The average Bonchev–Trinajstić information content (AvgIpc) is 2.91. The van der Waals surface area contributed by atoms with Crippen LogP contribution in [0.4, 0.5) is 5.69 Å². The van der Waals surface area contributed by atoms with Crippen LogP contribution >= 0.6 is 0 Å². The van der Waals surface area contributed by atoms with Gasteiger partial charge in [0.2, 0.25) is 0 Å². The van der Waals surface area contributed by atoms with Gasteiger partial charge >= 0.3 is 0 Å². The average molecular weight is 465 g/mol. The molecule has 0 spiro atoms. The van der Waals surface area contributed by atoms with Gasteiger partial charge in [-0.25, -0.2) is 0 Å². The predicted octanol–water partition coefficient (Wildman–Crippen LogP) is 5.98. The second-order valence-electron chi connectivity index (χ2n) is 7.69. The summed E-state index contributed by atoms with van der Waals surface area (Å²) in [6.45, 7) is 0.376. The molecule has 0 saturated heterocycles. The summed E-state index contributed by atoms with van der Waals surface area (Å²) in [5, 5.41) is 14.5. The van der Waals surface area contributed by atoms with Crippen molar-refractivity contribution in [2.45, 2.75) is 6.61 Å². The maximum absolute atomic E-state index is 12.6. The number of methoxy groups -OCH3 is 2. The lowest BCUT2D eigenvalue weighted by Gasteiger charge is -2.13. The second kappa shape index (κ2) is 10.9. The van der Waals surface area contributed by atoms with Crippen LogP contribution in [0.25, 0.3) is 16.8 Å². The minimum atomic E-state index is -0.507. The summed E-state index contributed by atoms with van der Waals surface area (Å²) in [5.41, 5.74) is 2.23. The van der Waals surface area contributed by atoms with Crippen molar-refractivity contribution < 1.29 is 19.0 Å². The summed E-state index contributed by atoms with van der Waals surface area (Å²) < 4.78 is 16.7. The van der Waals surface area contributed by atoms with E-state index in [1.54, 1.807) is 56.7 Å². The highest BCUT2D eigenvalue weighted by Crippen LogP contribution is 2.30. The molecule has 6 heteroatoms. The van der Waals surface area contributed by atoms with E-state index in [1.807, 2.05) is 30.3 Å². The van der Waals surface area contributed by atoms with Crippen LogP contribution in [-0.2, 0) is 11.4 Å². The highest BCUT2D eigenvalue weighted by atomic mass is 16.5. The number of carbonyl (C=O) groups excluding carboxylic acids is 1. The Kier molecular flexibility index (Phi) is 7.29. The molecule has 4 rings (SSSR count). The zero-order valence-electron chi connectivity index (χ0n) is 19.4. The number of rotatable bonds is 8. The third-order valence-electron chi connectivity index (χ3n) is 5.47. The lowest BCUT2D eigenvalue weighted by atomic mass is 10.1. The van der Waals surface area contributed by atoms with E-state index in [1.165, 1.54) is 6.08 Å². The summed E-state index contributed by atoms with van der Waals surface area (Å²) >= 11 is 0. The van der Waals surface area contributed by atoms with Gasteiger partial charge in [0.05, 0.1) is 14.2 Å². The van der Waals surface area contributed by atoms with E-state index in [-0.39, 0.29) is 5.57 Å². The molecule has 4 aromatic carbocycles. The second-order valence-corrected chi connectivity index (χ2v) is 7.69. The fraction of sp³-hybridized carbons (Fsp3) is 0.103. The molecular weight excluding hydrogens is 440 g/mol. The third-order valence-corrected chi connectivity index (χ3v) is 5.47. The summed E-state index contributed by atoms with van der Waals surface area (Å²) in [5.74, 6) is 1.24. The summed E-state index contributed by atoms with van der Waals surface area (Å²) in [6, 6.07) is 28.4. The molecule has 0 atom stereocenters. The molecule has 174 valence electrons. The summed E-state index contributed by atoms with van der Waals surface area (Å²) in [4.78, 5) is 12.6. The minimum absolute atomic E-state index is 0.0349. The number of fused-ring (bicyclic) bond motifs is 1. The smallest absolute Gasteiger partial charge is 0.266 e. The van der Waals surface area contributed by atoms with E-state index >= 15 is 0 Å². The Hall–Kier alpha value is -4.76. The van der Waals surface area contributed by atoms with E-state index in [0.717, 1.165) is 16.3 Å². The van der Waals surface area contributed by atoms with Gasteiger partial charge in [0.15, 0.2) is 11.5 Å². The molecule has 35 heavy (non-hydrogen) atoms. The van der Waals surface area contributed by atoms with Crippen molar-refractivity contribution in [3.8, 4) is 23.3 Å². The molecule has 6 nitrogen and oxygen atoms in total. The number of nitrogens with zero attached hydrogens (tertiary/aromatic N) is 1. The van der Waals surface area contributed by atoms with E-state index < -0.39 is 5.91 Å². The van der Waals surface area contributed by atoms with Gasteiger partial charge in [0, 0.05) is 5.69 Å². The molecule has 1 N–H and O–H groups in total. The van der Waals surface area contributed by atoms with E-state index in [2.05, 4.69) is 23.5 Å². The molecule has 0 aliphatic rings. The van der Waals surface area contributed by atoms with Crippen LogP contribution in [-0.4, -0.2) is 20.1 Å². The molecule has 0 fully saturated rings. The molecular formula is C29H24N2O4. The Balaban J connectivity index is 1.50. The van der Waals surface area contributed by atoms with Gasteiger partial charge in [0.1, 0.15) is 24.0 Å².